The normalized spacial score (nSPS) is 11.3. The van der Waals surface area contributed by atoms with Crippen molar-refractivity contribution in [1.29, 1.82) is 0 Å². The molecule has 0 bridgehead atoms. The maximum Gasteiger partial charge on any atom is 0.322 e. The summed E-state index contributed by atoms with van der Waals surface area (Å²) < 4.78 is 0. The Labute approximate surface area is 115 Å². The Morgan fingerprint density at radius 2 is 1.60 bits per heavy atom. The summed E-state index contributed by atoms with van der Waals surface area (Å²) in [6, 6.07) is 0. The Hall–Kier alpha value is 0.0688. The van der Waals surface area contributed by atoms with Crippen LogP contribution >= 0.6 is 0 Å². The second-order valence-corrected chi connectivity index (χ2v) is 4.05. The first-order valence-corrected chi connectivity index (χ1v) is 4.13. The van der Waals surface area contributed by atoms with Crippen LogP contribution in [0.2, 0.25) is 0 Å². The van der Waals surface area contributed by atoms with Crippen LogP contribution in [0.25, 0.3) is 5.32 Å². The summed E-state index contributed by atoms with van der Waals surface area (Å²) in [5.41, 5.74) is -2.20. The third kappa shape index (κ3) is 6.28. The van der Waals surface area contributed by atoms with Gasteiger partial charge in [0.2, 0.25) is 5.87 Å². The number of rotatable bonds is 4. The molecule has 82 valence electrons. The summed E-state index contributed by atoms with van der Waals surface area (Å²) in [6.45, 7) is 6.12. The standard InChI is InChI=1S/C8H15BNO4.Y/c1-7(2,8(3,4)14)10-5(11)9-6(12)13;/h14H,1-4H3,(H2,10,11,12,13);/p-1. The topological polar surface area (TPSA) is 88.7 Å². The van der Waals surface area contributed by atoms with Gasteiger partial charge in [0.15, 0.2) is 0 Å². The third-order valence-electron chi connectivity index (χ3n) is 2.13. The van der Waals surface area contributed by atoms with Gasteiger partial charge in [-0.15, -0.1) is 0 Å². The predicted octanol–water partition coefficient (Wildman–Crippen LogP) is 1.41. The minimum absolute atomic E-state index is 0. The molecule has 0 spiro atoms. The van der Waals surface area contributed by atoms with E-state index in [1.54, 1.807) is 13.8 Å². The summed E-state index contributed by atoms with van der Waals surface area (Å²) >= 11 is 0. The molecule has 0 rings (SSSR count). The number of carbonyl (C=O) groups is 2. The first-order valence-electron chi connectivity index (χ1n) is 4.13. The van der Waals surface area contributed by atoms with Gasteiger partial charge in [0.05, 0.1) is 0 Å². The predicted molar refractivity (Wildman–Crippen MR) is 52.9 cm³/mol. The Balaban J connectivity index is 0. The van der Waals surface area contributed by atoms with Gasteiger partial charge in [-0.1, -0.05) is 19.4 Å². The van der Waals surface area contributed by atoms with E-state index in [1.165, 1.54) is 13.8 Å². The van der Waals surface area contributed by atoms with E-state index < -0.39 is 22.8 Å². The molecule has 0 atom stereocenters. The molecule has 0 aliphatic carbocycles. The van der Waals surface area contributed by atoms with E-state index >= 15 is 0 Å². The second kappa shape index (κ2) is 5.97. The second-order valence-electron chi connectivity index (χ2n) is 4.05. The molecule has 0 aromatic carbocycles. The van der Waals surface area contributed by atoms with Gasteiger partial charge in [-0.2, -0.15) is 0 Å². The molecule has 0 aliphatic rings. The van der Waals surface area contributed by atoms with E-state index in [9.17, 15) is 14.7 Å². The first-order chi connectivity index (χ1) is 6.06. The molecule has 0 heterocycles. The van der Waals surface area contributed by atoms with Crippen LogP contribution in [0.15, 0.2) is 0 Å². The Bertz CT molecular complexity index is 250. The molecule has 2 radical (unpaired) electrons. The molecule has 0 saturated heterocycles. The quantitative estimate of drug-likeness (QED) is 0.765. The molecular formula is C8H14BNO4Y-. The Kier molecular flexibility index (Phi) is 6.95. The molecule has 0 aromatic heterocycles. The number of nitrogens with zero attached hydrogens (tertiary/aromatic N) is 1. The molecule has 0 unspecified atom stereocenters. The van der Waals surface area contributed by atoms with Gasteiger partial charge in [0, 0.05) is 44.1 Å². The van der Waals surface area contributed by atoms with Crippen LogP contribution in [-0.2, 0) is 32.7 Å². The first kappa shape index (κ1) is 17.5. The molecule has 15 heavy (non-hydrogen) atoms. The van der Waals surface area contributed by atoms with Gasteiger partial charge in [-0.05, 0) is 13.8 Å². The van der Waals surface area contributed by atoms with Crippen LogP contribution < -0.4 is 0 Å². The number of hydrogen-bond acceptors (Lipinski definition) is 3. The zero-order valence-electron chi connectivity index (χ0n) is 9.31. The monoisotopic (exact) mass is 288 g/mol. The van der Waals surface area contributed by atoms with Crippen LogP contribution in [-0.4, -0.2) is 40.3 Å². The summed E-state index contributed by atoms with van der Waals surface area (Å²) in [5.74, 6) is -2.20. The van der Waals surface area contributed by atoms with Crippen LogP contribution in [0.3, 0.4) is 0 Å². The molecule has 0 fully saturated rings. The average molecular weight is 288 g/mol. The van der Waals surface area contributed by atoms with Crippen molar-refractivity contribution in [2.24, 2.45) is 0 Å². The third-order valence-corrected chi connectivity index (χ3v) is 2.13. The van der Waals surface area contributed by atoms with E-state index in [-0.39, 0.29) is 32.7 Å². The molecule has 0 aromatic rings. The average Bonchev–Trinajstić information content (AvgIpc) is 1.79. The molecule has 0 aliphatic heterocycles. The minimum atomic E-state index is -1.34. The number of carboxylic acid groups (broad SMARTS) is 1. The van der Waals surface area contributed by atoms with Crippen molar-refractivity contribution in [3.05, 3.63) is 5.32 Å². The molecule has 7 heteroatoms. The van der Waals surface area contributed by atoms with Crippen molar-refractivity contribution in [3.63, 3.8) is 0 Å². The van der Waals surface area contributed by atoms with Crippen LogP contribution in [0.4, 0.5) is 9.59 Å². The van der Waals surface area contributed by atoms with Gasteiger partial charge in [0.1, 0.15) is 0 Å². The number of aliphatic hydroxyl groups is 1. The van der Waals surface area contributed by atoms with Gasteiger partial charge < -0.3 is 20.3 Å². The SMILES string of the molecule is CC(C)(O)C(C)(C)[N-]C(=O)[B]C(=O)O.[Y]. The van der Waals surface area contributed by atoms with Crippen LogP contribution in [0.5, 0.6) is 0 Å². The summed E-state index contributed by atoms with van der Waals surface area (Å²) in [4.78, 5) is 21.1. The van der Waals surface area contributed by atoms with Gasteiger partial charge in [-0.3, -0.25) is 4.79 Å². The maximum absolute atomic E-state index is 11.0. The van der Waals surface area contributed by atoms with Gasteiger partial charge in [-0.25, -0.2) is 0 Å². The van der Waals surface area contributed by atoms with Crippen molar-refractivity contribution >= 4 is 19.0 Å². The molecule has 1 amide bonds. The fourth-order valence-corrected chi connectivity index (χ4v) is 0.550. The van der Waals surface area contributed by atoms with E-state index in [1.807, 2.05) is 0 Å². The van der Waals surface area contributed by atoms with Crippen LogP contribution in [0, 0.1) is 0 Å². The van der Waals surface area contributed by atoms with Crippen molar-refractivity contribution in [1.82, 2.24) is 0 Å². The largest absolute Gasteiger partial charge is 0.655 e. The van der Waals surface area contributed by atoms with E-state index in [0.29, 0.717) is 7.28 Å². The summed E-state index contributed by atoms with van der Waals surface area (Å²) in [5, 5.41) is 21.5. The smallest absolute Gasteiger partial charge is 0.322 e. The number of hydrogen-bond donors (Lipinski definition) is 2. The van der Waals surface area contributed by atoms with E-state index in [4.69, 9.17) is 5.11 Å². The minimum Gasteiger partial charge on any atom is -0.655 e. The summed E-state index contributed by atoms with van der Waals surface area (Å²) in [7, 11) is 0.466. The van der Waals surface area contributed by atoms with Gasteiger partial charge >= 0.3 is 7.28 Å². The number of amides is 1. The molecule has 2 N–H and O–H groups in total. The zero-order chi connectivity index (χ0) is 11.6. The maximum atomic E-state index is 11.0. The van der Waals surface area contributed by atoms with Crippen LogP contribution in [0.1, 0.15) is 27.7 Å². The molecule has 5 nitrogen and oxygen atoms in total. The van der Waals surface area contributed by atoms with Crippen molar-refractivity contribution in [3.8, 4) is 0 Å². The van der Waals surface area contributed by atoms with Gasteiger partial charge in [0.25, 0.3) is 0 Å². The zero-order valence-corrected chi connectivity index (χ0v) is 12.2. The molecular weight excluding hydrogens is 274 g/mol. The van der Waals surface area contributed by atoms with Crippen molar-refractivity contribution < 1.29 is 52.5 Å². The van der Waals surface area contributed by atoms with E-state index in [2.05, 4.69) is 5.32 Å². The molecule has 0 saturated carbocycles. The van der Waals surface area contributed by atoms with Crippen molar-refractivity contribution in [2.75, 3.05) is 0 Å². The van der Waals surface area contributed by atoms with Crippen molar-refractivity contribution in [2.45, 2.75) is 38.8 Å². The number of carbonyl (C=O) groups excluding carboxylic acids is 1. The fourth-order valence-electron chi connectivity index (χ4n) is 0.550. The fraction of sp³-hybridized carbons (Fsp3) is 0.750. The summed E-state index contributed by atoms with van der Waals surface area (Å²) in [6.07, 6.45) is 0. The van der Waals surface area contributed by atoms with E-state index in [0.717, 1.165) is 0 Å². The Morgan fingerprint density at radius 3 is 1.87 bits per heavy atom. The Morgan fingerprint density at radius 1 is 1.20 bits per heavy atom.